The third-order valence-electron chi connectivity index (χ3n) is 2.80. The molecular formula is C16H13FN2O2. The van der Waals surface area contributed by atoms with Gasteiger partial charge in [0, 0.05) is 18.1 Å². The predicted molar refractivity (Wildman–Crippen MR) is 77.3 cm³/mol. The van der Waals surface area contributed by atoms with Crippen LogP contribution in [0.25, 0.3) is 0 Å². The van der Waals surface area contributed by atoms with Crippen LogP contribution in [0, 0.1) is 24.6 Å². The van der Waals surface area contributed by atoms with E-state index in [1.807, 2.05) is 0 Å². The van der Waals surface area contributed by atoms with Gasteiger partial charge in [-0.05, 0) is 30.7 Å². The third kappa shape index (κ3) is 3.65. The summed E-state index contributed by atoms with van der Waals surface area (Å²) in [6, 6.07) is 5.98. The second-order valence-electron chi connectivity index (χ2n) is 4.30. The number of halogens is 1. The van der Waals surface area contributed by atoms with Crippen LogP contribution in [-0.4, -0.2) is 22.6 Å². The van der Waals surface area contributed by atoms with Crippen molar-refractivity contribution in [1.82, 2.24) is 4.98 Å². The first-order valence-corrected chi connectivity index (χ1v) is 6.23. The maximum atomic E-state index is 13.5. The number of aryl methyl sites for hydroxylation is 1. The molecule has 1 heterocycles. The van der Waals surface area contributed by atoms with Crippen LogP contribution in [0.1, 0.15) is 21.5 Å². The van der Waals surface area contributed by atoms with Gasteiger partial charge in [0.2, 0.25) is 0 Å². The van der Waals surface area contributed by atoms with Crippen molar-refractivity contribution in [2.75, 3.05) is 11.9 Å². The van der Waals surface area contributed by atoms with E-state index in [0.717, 1.165) is 0 Å². The molecule has 2 N–H and O–H groups in total. The van der Waals surface area contributed by atoms with Crippen molar-refractivity contribution in [3.8, 4) is 11.8 Å². The summed E-state index contributed by atoms with van der Waals surface area (Å²) in [5, 5.41) is 11.3. The summed E-state index contributed by atoms with van der Waals surface area (Å²) in [5.41, 5.74) is 1.58. The Kier molecular flexibility index (Phi) is 4.64. The minimum atomic E-state index is -0.414. The number of aliphatic hydroxyl groups is 1. The standard InChI is InChI=1S/C16H13FN2O2/c1-11-4-5-13(9-15(11)17)19-16(21)14-6-7-18-10-12(14)3-2-8-20/h4-7,9-10,20H,8H2,1H3,(H,19,21). The number of nitrogens with one attached hydrogen (secondary N) is 1. The number of pyridine rings is 1. The number of nitrogens with zero attached hydrogens (tertiary/aromatic N) is 1. The summed E-state index contributed by atoms with van der Waals surface area (Å²) in [6.45, 7) is 1.34. The Balaban J connectivity index is 2.26. The van der Waals surface area contributed by atoms with Gasteiger partial charge in [-0.15, -0.1) is 0 Å². The van der Waals surface area contributed by atoms with E-state index in [4.69, 9.17) is 5.11 Å². The number of amides is 1. The van der Waals surface area contributed by atoms with Crippen LogP contribution >= 0.6 is 0 Å². The smallest absolute Gasteiger partial charge is 0.257 e. The summed E-state index contributed by atoms with van der Waals surface area (Å²) >= 11 is 0. The molecular weight excluding hydrogens is 271 g/mol. The fourth-order valence-electron chi connectivity index (χ4n) is 1.70. The van der Waals surface area contributed by atoms with Gasteiger partial charge in [0.25, 0.3) is 5.91 Å². The van der Waals surface area contributed by atoms with Crippen LogP contribution in [0.3, 0.4) is 0 Å². The number of carbonyl (C=O) groups is 1. The van der Waals surface area contributed by atoms with Gasteiger partial charge in [0.1, 0.15) is 12.4 Å². The maximum absolute atomic E-state index is 13.5. The molecule has 0 saturated heterocycles. The first-order chi connectivity index (χ1) is 10.1. The number of aliphatic hydroxyl groups excluding tert-OH is 1. The molecule has 0 fully saturated rings. The summed E-state index contributed by atoms with van der Waals surface area (Å²) in [6.07, 6.45) is 2.90. The number of carbonyl (C=O) groups excluding carboxylic acids is 1. The average molecular weight is 284 g/mol. The lowest BCUT2D eigenvalue weighted by Crippen LogP contribution is -2.14. The first kappa shape index (κ1) is 14.7. The molecule has 2 rings (SSSR count). The van der Waals surface area contributed by atoms with Crippen LogP contribution in [0.2, 0.25) is 0 Å². The van der Waals surface area contributed by atoms with Crippen LogP contribution in [-0.2, 0) is 0 Å². The summed E-state index contributed by atoms with van der Waals surface area (Å²) in [7, 11) is 0. The molecule has 5 heteroatoms. The first-order valence-electron chi connectivity index (χ1n) is 6.23. The monoisotopic (exact) mass is 284 g/mol. The van der Waals surface area contributed by atoms with Crippen molar-refractivity contribution >= 4 is 11.6 Å². The molecule has 106 valence electrons. The number of hydrogen-bond donors (Lipinski definition) is 2. The molecule has 21 heavy (non-hydrogen) atoms. The molecule has 0 bridgehead atoms. The SMILES string of the molecule is Cc1ccc(NC(=O)c2ccncc2C#CCO)cc1F. The highest BCUT2D eigenvalue weighted by molar-refractivity contribution is 6.05. The van der Waals surface area contributed by atoms with Crippen LogP contribution in [0.4, 0.5) is 10.1 Å². The van der Waals surface area contributed by atoms with Crippen molar-refractivity contribution in [3.05, 3.63) is 59.2 Å². The zero-order valence-corrected chi connectivity index (χ0v) is 11.4. The fourth-order valence-corrected chi connectivity index (χ4v) is 1.70. The van der Waals surface area contributed by atoms with E-state index < -0.39 is 5.91 Å². The van der Waals surface area contributed by atoms with Crippen molar-refractivity contribution < 1.29 is 14.3 Å². The van der Waals surface area contributed by atoms with Gasteiger partial charge >= 0.3 is 0 Å². The molecule has 2 aromatic rings. The van der Waals surface area contributed by atoms with Crippen LogP contribution in [0.5, 0.6) is 0 Å². The Hall–Kier alpha value is -2.71. The largest absolute Gasteiger partial charge is 0.384 e. The molecule has 0 atom stereocenters. The lowest BCUT2D eigenvalue weighted by molar-refractivity contribution is 0.102. The average Bonchev–Trinajstić information content (AvgIpc) is 2.49. The fraction of sp³-hybridized carbons (Fsp3) is 0.125. The number of rotatable bonds is 2. The minimum absolute atomic E-state index is 0.306. The molecule has 1 aromatic carbocycles. The normalized spacial score (nSPS) is 9.67. The summed E-state index contributed by atoms with van der Waals surface area (Å²) in [4.78, 5) is 16.1. The van der Waals surface area contributed by atoms with Gasteiger partial charge in [-0.1, -0.05) is 17.9 Å². The molecule has 1 amide bonds. The van der Waals surface area contributed by atoms with Crippen LogP contribution in [0.15, 0.2) is 36.7 Å². The molecule has 0 unspecified atom stereocenters. The molecule has 4 nitrogen and oxygen atoms in total. The van der Waals surface area contributed by atoms with Gasteiger partial charge in [-0.3, -0.25) is 9.78 Å². The van der Waals surface area contributed by atoms with Crippen molar-refractivity contribution in [2.24, 2.45) is 0 Å². The lowest BCUT2D eigenvalue weighted by atomic mass is 10.1. The minimum Gasteiger partial charge on any atom is -0.384 e. The van der Waals surface area contributed by atoms with E-state index in [1.54, 1.807) is 19.1 Å². The zero-order valence-electron chi connectivity index (χ0n) is 11.4. The molecule has 0 aliphatic carbocycles. The van der Waals surface area contributed by atoms with E-state index >= 15 is 0 Å². The quantitative estimate of drug-likeness (QED) is 0.830. The lowest BCUT2D eigenvalue weighted by Gasteiger charge is -2.07. The maximum Gasteiger partial charge on any atom is 0.257 e. The highest BCUT2D eigenvalue weighted by Crippen LogP contribution is 2.15. The molecule has 0 saturated carbocycles. The van der Waals surface area contributed by atoms with Gasteiger partial charge < -0.3 is 10.4 Å². The van der Waals surface area contributed by atoms with E-state index in [9.17, 15) is 9.18 Å². The zero-order chi connectivity index (χ0) is 15.2. The molecule has 0 spiro atoms. The Bertz CT molecular complexity index is 733. The molecule has 1 aromatic heterocycles. The number of aromatic nitrogens is 1. The number of hydrogen-bond acceptors (Lipinski definition) is 3. The highest BCUT2D eigenvalue weighted by atomic mass is 19.1. The van der Waals surface area contributed by atoms with Gasteiger partial charge in [-0.25, -0.2) is 4.39 Å². The van der Waals surface area contributed by atoms with Gasteiger partial charge in [0.15, 0.2) is 0 Å². The Morgan fingerprint density at radius 1 is 1.43 bits per heavy atom. The van der Waals surface area contributed by atoms with Crippen molar-refractivity contribution in [1.29, 1.82) is 0 Å². The molecule has 0 aliphatic heterocycles. The van der Waals surface area contributed by atoms with E-state index in [-0.39, 0.29) is 12.4 Å². The summed E-state index contributed by atoms with van der Waals surface area (Å²) in [5.74, 6) is 4.32. The molecule has 0 aliphatic rings. The third-order valence-corrected chi connectivity index (χ3v) is 2.80. The molecule has 0 radical (unpaired) electrons. The summed E-state index contributed by atoms with van der Waals surface area (Å²) < 4.78 is 13.5. The van der Waals surface area contributed by atoms with E-state index in [2.05, 4.69) is 22.1 Å². The Morgan fingerprint density at radius 2 is 2.24 bits per heavy atom. The highest BCUT2D eigenvalue weighted by Gasteiger charge is 2.11. The van der Waals surface area contributed by atoms with E-state index in [0.29, 0.717) is 22.4 Å². The van der Waals surface area contributed by atoms with Crippen molar-refractivity contribution in [3.63, 3.8) is 0 Å². The number of anilines is 1. The second kappa shape index (κ2) is 6.64. The Morgan fingerprint density at radius 3 is 2.95 bits per heavy atom. The number of benzene rings is 1. The van der Waals surface area contributed by atoms with Gasteiger partial charge in [-0.2, -0.15) is 0 Å². The van der Waals surface area contributed by atoms with Crippen molar-refractivity contribution in [2.45, 2.75) is 6.92 Å². The Labute approximate surface area is 121 Å². The van der Waals surface area contributed by atoms with E-state index in [1.165, 1.54) is 24.5 Å². The van der Waals surface area contributed by atoms with Crippen LogP contribution < -0.4 is 5.32 Å². The predicted octanol–water partition coefficient (Wildman–Crippen LogP) is 2.13. The topological polar surface area (TPSA) is 62.2 Å². The van der Waals surface area contributed by atoms with Gasteiger partial charge in [0.05, 0.1) is 11.1 Å². The second-order valence-corrected chi connectivity index (χ2v) is 4.30.